The third kappa shape index (κ3) is 15.5. The highest BCUT2D eigenvalue weighted by Crippen LogP contribution is 2.31. The van der Waals surface area contributed by atoms with Crippen LogP contribution in [-0.2, 0) is 11.0 Å². The van der Waals surface area contributed by atoms with Gasteiger partial charge < -0.3 is 10.2 Å². The molecule has 0 spiro atoms. The van der Waals surface area contributed by atoms with Gasteiger partial charge in [0.25, 0.3) is 0 Å². The van der Waals surface area contributed by atoms with E-state index in [1.807, 2.05) is 78.8 Å². The van der Waals surface area contributed by atoms with Gasteiger partial charge in [0.2, 0.25) is 5.96 Å². The third-order valence-corrected chi connectivity index (χ3v) is 9.99. The van der Waals surface area contributed by atoms with Crippen molar-refractivity contribution in [3.05, 3.63) is 160 Å². The summed E-state index contributed by atoms with van der Waals surface area (Å²) in [6.45, 7) is 8.81. The topological polar surface area (TPSA) is 73.6 Å². The fourth-order valence-corrected chi connectivity index (χ4v) is 6.45. The van der Waals surface area contributed by atoms with E-state index >= 15 is 0 Å². The van der Waals surface area contributed by atoms with Crippen LogP contribution in [0.4, 0.5) is 13.2 Å². The van der Waals surface area contributed by atoms with Crippen LogP contribution in [0.3, 0.4) is 0 Å². The molecule has 0 saturated carbocycles. The second-order valence-corrected chi connectivity index (χ2v) is 15.0. The van der Waals surface area contributed by atoms with Crippen LogP contribution in [0.1, 0.15) is 60.3 Å². The summed E-state index contributed by atoms with van der Waals surface area (Å²) in [5.74, 6) is 0.679. The number of aliphatic imine (C=N–C) groups is 1. The molecule has 4 aromatic rings. The molecule has 1 aliphatic heterocycles. The van der Waals surface area contributed by atoms with Crippen molar-refractivity contribution >= 4 is 64.1 Å². The molecule has 0 radical (unpaired) electrons. The third-order valence-electron chi connectivity index (χ3n) is 8.54. The lowest BCUT2D eigenvalue weighted by Crippen LogP contribution is -2.34. The van der Waals surface area contributed by atoms with Crippen molar-refractivity contribution < 1.29 is 18.0 Å². The van der Waals surface area contributed by atoms with E-state index in [9.17, 15) is 13.2 Å². The van der Waals surface area contributed by atoms with Gasteiger partial charge in [0.1, 0.15) is 6.61 Å². The van der Waals surface area contributed by atoms with Crippen LogP contribution in [0.2, 0.25) is 10.0 Å². The van der Waals surface area contributed by atoms with Gasteiger partial charge in [0, 0.05) is 39.0 Å². The van der Waals surface area contributed by atoms with Crippen LogP contribution < -0.4 is 10.0 Å². The molecule has 14 heteroatoms. The van der Waals surface area contributed by atoms with Crippen molar-refractivity contribution in [3.63, 3.8) is 0 Å². The fourth-order valence-electron chi connectivity index (χ4n) is 5.54. The summed E-state index contributed by atoms with van der Waals surface area (Å²) in [5.41, 5.74) is 3.66. The van der Waals surface area contributed by atoms with Crippen molar-refractivity contribution in [2.24, 2.45) is 15.2 Å². The Labute approximate surface area is 352 Å². The van der Waals surface area contributed by atoms with E-state index in [0.29, 0.717) is 65.0 Å². The van der Waals surface area contributed by atoms with Crippen molar-refractivity contribution in [2.45, 2.75) is 49.1 Å². The molecular formula is C43H46Cl3F3N6OS. The van der Waals surface area contributed by atoms with Gasteiger partial charge in [-0.3, -0.25) is 9.71 Å². The molecule has 7 nitrogen and oxygen atoms in total. The highest BCUT2D eigenvalue weighted by molar-refractivity contribution is 7.98. The van der Waals surface area contributed by atoms with E-state index in [4.69, 9.17) is 49.7 Å². The van der Waals surface area contributed by atoms with Crippen molar-refractivity contribution in [1.29, 1.82) is 0 Å². The number of allylic oxidation sites excluding steroid dienone is 2. The highest BCUT2D eigenvalue weighted by atomic mass is 35.5. The maximum Gasteiger partial charge on any atom is 0.416 e. The summed E-state index contributed by atoms with van der Waals surface area (Å²) in [5, 5.41) is 16.1. The maximum absolute atomic E-state index is 13.1. The molecule has 0 fully saturated rings. The van der Waals surface area contributed by atoms with Crippen molar-refractivity contribution in [2.75, 3.05) is 33.3 Å². The average Bonchev–Trinajstić information content (AvgIpc) is 3.66. The Kier molecular flexibility index (Phi) is 19.0. The molecule has 1 atom stereocenters. The normalized spacial score (nSPS) is 14.4. The predicted molar refractivity (Wildman–Crippen MR) is 233 cm³/mol. The first-order valence-electron chi connectivity index (χ1n) is 18.4. The molecule has 2 N–H and O–H groups in total. The number of guanidine groups is 1. The van der Waals surface area contributed by atoms with Crippen molar-refractivity contribution in [1.82, 2.24) is 15.0 Å². The SMILES string of the molecule is C=CC(=C)Cl.CNCCO/N=C(/CCCCCCN=C(NSc1ccc(Cl)cc1)N1CC(c2ccccc2)C(c2ccc(Cl)cc2)=N1)c1ccc(C(F)(F)F)cc1. The van der Waals surface area contributed by atoms with Crippen molar-refractivity contribution in [3.8, 4) is 0 Å². The van der Waals surface area contributed by atoms with E-state index in [1.165, 1.54) is 30.2 Å². The molecular weight excluding hydrogens is 812 g/mol. The van der Waals surface area contributed by atoms with Gasteiger partial charge >= 0.3 is 6.18 Å². The minimum absolute atomic E-state index is 0.0256. The Balaban J connectivity index is 0.00000135. The monoisotopic (exact) mass is 856 g/mol. The number of hydrazone groups is 1. The number of oxime groups is 1. The minimum Gasteiger partial charge on any atom is -0.394 e. The first-order valence-corrected chi connectivity index (χ1v) is 20.3. The zero-order chi connectivity index (χ0) is 41.0. The zero-order valence-electron chi connectivity index (χ0n) is 31.6. The summed E-state index contributed by atoms with van der Waals surface area (Å²) in [6.07, 6.45) is 1.12. The number of alkyl halides is 3. The Morgan fingerprint density at radius 3 is 2.18 bits per heavy atom. The van der Waals surface area contributed by atoms with Gasteiger partial charge in [-0.05, 0) is 103 Å². The van der Waals surface area contributed by atoms with Gasteiger partial charge in [0.05, 0.1) is 23.5 Å². The lowest BCUT2D eigenvalue weighted by molar-refractivity contribution is -0.137. The molecule has 4 aromatic carbocycles. The largest absolute Gasteiger partial charge is 0.416 e. The predicted octanol–water partition coefficient (Wildman–Crippen LogP) is 12.0. The zero-order valence-corrected chi connectivity index (χ0v) is 34.7. The molecule has 302 valence electrons. The van der Waals surface area contributed by atoms with Crippen LogP contribution in [0.25, 0.3) is 0 Å². The quantitative estimate of drug-likeness (QED) is 0.0276. The van der Waals surface area contributed by atoms with E-state index in [1.54, 1.807) is 0 Å². The smallest absolute Gasteiger partial charge is 0.394 e. The standard InChI is InChI=1S/C39H41Cl2F3N6OS.C4H5Cl/c1-45-25-26-51-48-36(29-12-16-31(17-13-29)39(42,43)44)11-7-2-3-8-24-46-38(49-52-34-22-20-33(41)21-23-34)50-27-35(28-9-5-4-6-10-28)37(47-50)30-14-18-32(40)19-15-30;1-3-4(2)5/h4-6,9-10,12-23,35,45H,2-3,7-8,11,24-27H2,1H3,(H,46,49);3H,1-2H2/b48-36-;. The first-order chi connectivity index (χ1) is 27.5. The Morgan fingerprint density at radius 1 is 0.930 bits per heavy atom. The second kappa shape index (κ2) is 23.8. The molecule has 5 rings (SSSR count). The first kappa shape index (κ1) is 45.4. The Bertz CT molecular complexity index is 1940. The number of unbranched alkanes of at least 4 members (excludes halogenated alkanes) is 3. The average molecular weight is 858 g/mol. The number of halogens is 6. The van der Waals surface area contributed by atoms with Crippen LogP contribution in [0.5, 0.6) is 0 Å². The summed E-state index contributed by atoms with van der Waals surface area (Å²) >= 11 is 18.9. The molecule has 0 saturated heterocycles. The fraction of sp³-hybridized carbons (Fsp3) is 0.279. The Hall–Kier alpha value is -4.26. The minimum atomic E-state index is -4.39. The number of benzene rings is 4. The molecule has 0 aliphatic carbocycles. The molecule has 0 amide bonds. The molecule has 57 heavy (non-hydrogen) atoms. The lowest BCUT2D eigenvalue weighted by Gasteiger charge is -2.19. The molecule has 1 unspecified atom stereocenters. The summed E-state index contributed by atoms with van der Waals surface area (Å²) < 4.78 is 42.8. The van der Waals surface area contributed by atoms with Crippen LogP contribution in [0.15, 0.2) is 148 Å². The molecule has 1 aliphatic rings. The summed E-state index contributed by atoms with van der Waals surface area (Å²) in [6, 6.07) is 30.7. The molecule has 0 bridgehead atoms. The molecule has 1 heterocycles. The van der Waals surface area contributed by atoms with E-state index in [2.05, 4.69) is 40.5 Å². The van der Waals surface area contributed by atoms with Gasteiger partial charge in [-0.25, -0.2) is 5.01 Å². The number of rotatable bonds is 17. The van der Waals surface area contributed by atoms with Gasteiger partial charge in [-0.2, -0.15) is 18.3 Å². The van der Waals surface area contributed by atoms with Crippen LogP contribution in [0, 0.1) is 0 Å². The summed E-state index contributed by atoms with van der Waals surface area (Å²) in [4.78, 5) is 11.4. The highest BCUT2D eigenvalue weighted by Gasteiger charge is 2.32. The summed E-state index contributed by atoms with van der Waals surface area (Å²) in [7, 11) is 1.81. The van der Waals surface area contributed by atoms with E-state index in [0.717, 1.165) is 59.6 Å². The maximum atomic E-state index is 13.1. The van der Waals surface area contributed by atoms with Gasteiger partial charge in [-0.1, -0.05) is 127 Å². The number of nitrogens with one attached hydrogen (secondary N) is 2. The number of nitrogens with zero attached hydrogens (tertiary/aromatic N) is 4. The van der Waals surface area contributed by atoms with Crippen LogP contribution in [-0.4, -0.2) is 55.7 Å². The molecule has 0 aromatic heterocycles. The number of hydrogen-bond donors (Lipinski definition) is 2. The van der Waals surface area contributed by atoms with E-state index < -0.39 is 11.7 Å². The number of hydrogen-bond acceptors (Lipinski definition) is 6. The van der Waals surface area contributed by atoms with Crippen LogP contribution >= 0.6 is 46.8 Å². The van der Waals surface area contributed by atoms with Gasteiger partial charge in [0.15, 0.2) is 0 Å². The van der Waals surface area contributed by atoms with E-state index in [-0.39, 0.29) is 5.92 Å². The van der Waals surface area contributed by atoms with Gasteiger partial charge in [-0.15, -0.1) is 0 Å². The Morgan fingerprint density at radius 2 is 1.56 bits per heavy atom. The lowest BCUT2D eigenvalue weighted by atomic mass is 9.91. The second-order valence-electron chi connectivity index (χ2n) is 12.8. The number of likely N-dealkylation sites (N-methyl/N-ethyl adjacent to an activating group) is 1.